The largest absolute Gasteiger partial charge is 0.481 e. The number of aromatic nitrogens is 1. The summed E-state index contributed by atoms with van der Waals surface area (Å²) in [5.74, 6) is 0.164. The molecule has 2 fully saturated rings. The van der Waals surface area contributed by atoms with Gasteiger partial charge >= 0.3 is 5.97 Å². The molecule has 0 spiro atoms. The summed E-state index contributed by atoms with van der Waals surface area (Å²) in [5, 5.41) is 12.7. The van der Waals surface area contributed by atoms with Gasteiger partial charge in [-0.1, -0.05) is 5.16 Å². The van der Waals surface area contributed by atoms with Crippen molar-refractivity contribution in [3.63, 3.8) is 0 Å². The first-order valence-electron chi connectivity index (χ1n) is 7.61. The van der Waals surface area contributed by atoms with E-state index in [4.69, 9.17) is 9.63 Å². The summed E-state index contributed by atoms with van der Waals surface area (Å²) in [5.41, 5.74) is 0.887. The van der Waals surface area contributed by atoms with Crippen LogP contribution in [-0.2, 0) is 4.79 Å². The molecule has 1 aliphatic carbocycles. The minimum atomic E-state index is -0.775. The Morgan fingerprint density at radius 3 is 2.90 bits per heavy atom. The summed E-state index contributed by atoms with van der Waals surface area (Å²) in [6, 6.07) is 1.76. The van der Waals surface area contributed by atoms with E-state index >= 15 is 0 Å². The number of nitrogens with zero attached hydrogens (tertiary/aromatic N) is 2. The second-order valence-corrected chi connectivity index (χ2v) is 6.08. The second-order valence-electron chi connectivity index (χ2n) is 6.08. The van der Waals surface area contributed by atoms with Crippen molar-refractivity contribution >= 4 is 11.9 Å². The number of carbonyl (C=O) groups excluding carboxylic acids is 1. The van der Waals surface area contributed by atoms with Gasteiger partial charge in [0, 0.05) is 31.5 Å². The topological polar surface area (TPSA) is 83.6 Å². The minimum Gasteiger partial charge on any atom is -0.481 e. The molecule has 1 aliphatic heterocycles. The molecular weight excluding hydrogens is 272 g/mol. The number of carbonyl (C=O) groups is 2. The maximum Gasteiger partial charge on any atom is 0.303 e. The fourth-order valence-electron chi connectivity index (χ4n) is 2.93. The number of rotatable bonds is 5. The molecule has 1 atom stereocenters. The van der Waals surface area contributed by atoms with Crippen LogP contribution in [0.5, 0.6) is 0 Å². The van der Waals surface area contributed by atoms with Gasteiger partial charge in [0.15, 0.2) is 0 Å². The Hall–Kier alpha value is -1.85. The Labute approximate surface area is 123 Å². The van der Waals surface area contributed by atoms with Crippen LogP contribution in [0.3, 0.4) is 0 Å². The van der Waals surface area contributed by atoms with Gasteiger partial charge in [-0.2, -0.15) is 0 Å². The van der Waals surface area contributed by atoms with E-state index in [1.165, 1.54) is 0 Å². The Bertz CT molecular complexity index is 536. The molecule has 2 aliphatic rings. The Balaban J connectivity index is 1.59. The van der Waals surface area contributed by atoms with Crippen molar-refractivity contribution in [2.75, 3.05) is 13.1 Å². The lowest BCUT2D eigenvalue weighted by molar-refractivity contribution is -0.137. The second kappa shape index (κ2) is 5.87. The van der Waals surface area contributed by atoms with Crippen molar-refractivity contribution in [1.29, 1.82) is 0 Å². The van der Waals surface area contributed by atoms with Crippen molar-refractivity contribution < 1.29 is 19.2 Å². The maximum absolute atomic E-state index is 12.4. The van der Waals surface area contributed by atoms with E-state index in [0.717, 1.165) is 31.4 Å². The van der Waals surface area contributed by atoms with Crippen LogP contribution >= 0.6 is 0 Å². The van der Waals surface area contributed by atoms with E-state index in [1.54, 1.807) is 11.0 Å². The van der Waals surface area contributed by atoms with Crippen LogP contribution < -0.4 is 0 Å². The van der Waals surface area contributed by atoms with Crippen LogP contribution in [0.25, 0.3) is 0 Å². The molecule has 2 heterocycles. The van der Waals surface area contributed by atoms with Gasteiger partial charge in [0.05, 0.1) is 5.69 Å². The molecule has 0 radical (unpaired) electrons. The number of piperidine rings is 1. The average molecular weight is 292 g/mol. The van der Waals surface area contributed by atoms with E-state index < -0.39 is 5.97 Å². The predicted molar refractivity (Wildman–Crippen MR) is 74.0 cm³/mol. The predicted octanol–water partition coefficient (Wildman–Crippen LogP) is 2.27. The quantitative estimate of drug-likeness (QED) is 0.900. The Morgan fingerprint density at radius 2 is 2.19 bits per heavy atom. The highest BCUT2D eigenvalue weighted by Crippen LogP contribution is 2.39. The van der Waals surface area contributed by atoms with Gasteiger partial charge in [-0.3, -0.25) is 9.59 Å². The summed E-state index contributed by atoms with van der Waals surface area (Å²) in [6.07, 6.45) is 4.95. The maximum atomic E-state index is 12.4. The average Bonchev–Trinajstić information content (AvgIpc) is 3.22. The van der Waals surface area contributed by atoms with E-state index in [2.05, 4.69) is 5.16 Å². The lowest BCUT2D eigenvalue weighted by atomic mass is 9.93. The van der Waals surface area contributed by atoms with Crippen molar-refractivity contribution in [2.45, 2.75) is 44.4 Å². The third-order valence-corrected chi connectivity index (χ3v) is 4.31. The van der Waals surface area contributed by atoms with Gasteiger partial charge in [0.1, 0.15) is 0 Å². The van der Waals surface area contributed by atoms with Crippen molar-refractivity contribution in [2.24, 2.45) is 5.92 Å². The number of likely N-dealkylation sites (tertiary alicyclic amines) is 1. The van der Waals surface area contributed by atoms with Crippen LogP contribution in [0.2, 0.25) is 0 Å². The zero-order valence-electron chi connectivity index (χ0n) is 12.0. The molecule has 1 saturated carbocycles. The van der Waals surface area contributed by atoms with Gasteiger partial charge in [-0.05, 0) is 38.0 Å². The standard InChI is InChI=1S/C15H20N2O4/c18-14(19)6-3-10-2-1-7-17(9-10)15(20)13-8-12(16-21-13)11-4-5-11/h8,10-11H,1-7,9H2,(H,18,19). The van der Waals surface area contributed by atoms with Crippen LogP contribution in [0.15, 0.2) is 10.6 Å². The van der Waals surface area contributed by atoms with Crippen molar-refractivity contribution in [3.8, 4) is 0 Å². The van der Waals surface area contributed by atoms with Gasteiger partial charge in [-0.25, -0.2) is 0 Å². The van der Waals surface area contributed by atoms with Gasteiger partial charge < -0.3 is 14.5 Å². The molecule has 3 rings (SSSR count). The zero-order chi connectivity index (χ0) is 14.8. The smallest absolute Gasteiger partial charge is 0.303 e. The number of carboxylic acid groups (broad SMARTS) is 1. The first kappa shape index (κ1) is 14.1. The number of hydrogen-bond acceptors (Lipinski definition) is 4. The van der Waals surface area contributed by atoms with E-state index in [1.807, 2.05) is 0 Å². The molecule has 1 N–H and O–H groups in total. The van der Waals surface area contributed by atoms with Gasteiger partial charge in [0.25, 0.3) is 5.91 Å². The van der Waals surface area contributed by atoms with E-state index in [9.17, 15) is 9.59 Å². The molecule has 0 aromatic carbocycles. The lowest BCUT2D eigenvalue weighted by Gasteiger charge is -2.31. The normalized spacial score (nSPS) is 22.3. The van der Waals surface area contributed by atoms with Crippen LogP contribution in [0.1, 0.15) is 60.7 Å². The van der Waals surface area contributed by atoms with Gasteiger partial charge in [-0.15, -0.1) is 0 Å². The molecule has 1 unspecified atom stereocenters. The molecule has 114 valence electrons. The third kappa shape index (κ3) is 3.43. The van der Waals surface area contributed by atoms with Crippen LogP contribution in [-0.4, -0.2) is 40.1 Å². The van der Waals surface area contributed by atoms with Crippen molar-refractivity contribution in [3.05, 3.63) is 17.5 Å². The molecule has 6 nitrogen and oxygen atoms in total. The minimum absolute atomic E-state index is 0.116. The Morgan fingerprint density at radius 1 is 1.38 bits per heavy atom. The molecule has 1 aromatic heterocycles. The summed E-state index contributed by atoms with van der Waals surface area (Å²) < 4.78 is 5.18. The highest BCUT2D eigenvalue weighted by molar-refractivity contribution is 5.91. The summed E-state index contributed by atoms with van der Waals surface area (Å²) in [7, 11) is 0. The first-order chi connectivity index (χ1) is 10.1. The molecule has 0 bridgehead atoms. The lowest BCUT2D eigenvalue weighted by Crippen LogP contribution is -2.39. The fourth-order valence-corrected chi connectivity index (χ4v) is 2.93. The molecular formula is C15H20N2O4. The molecule has 21 heavy (non-hydrogen) atoms. The zero-order valence-corrected chi connectivity index (χ0v) is 12.0. The molecule has 1 aromatic rings. The molecule has 6 heteroatoms. The summed E-state index contributed by atoms with van der Waals surface area (Å²) >= 11 is 0. The van der Waals surface area contributed by atoms with Crippen LogP contribution in [0, 0.1) is 5.92 Å². The highest BCUT2D eigenvalue weighted by Gasteiger charge is 2.31. The number of amides is 1. The fraction of sp³-hybridized carbons (Fsp3) is 0.667. The van der Waals surface area contributed by atoms with Crippen LogP contribution in [0.4, 0.5) is 0 Å². The van der Waals surface area contributed by atoms with Crippen molar-refractivity contribution in [1.82, 2.24) is 10.1 Å². The number of carboxylic acids is 1. The number of hydrogen-bond donors (Lipinski definition) is 1. The van der Waals surface area contributed by atoms with Gasteiger partial charge in [0.2, 0.25) is 5.76 Å². The highest BCUT2D eigenvalue weighted by atomic mass is 16.5. The number of aliphatic carboxylic acids is 1. The molecule has 1 saturated heterocycles. The Kier molecular flexibility index (Phi) is 3.94. The SMILES string of the molecule is O=C(O)CCC1CCCN(C(=O)c2cc(C3CC3)no2)C1. The van der Waals surface area contributed by atoms with E-state index in [0.29, 0.717) is 31.2 Å². The van der Waals surface area contributed by atoms with E-state index in [-0.39, 0.29) is 18.2 Å². The third-order valence-electron chi connectivity index (χ3n) is 4.31. The summed E-state index contributed by atoms with van der Waals surface area (Å²) in [6.45, 7) is 1.33. The summed E-state index contributed by atoms with van der Waals surface area (Å²) in [4.78, 5) is 24.8. The first-order valence-corrected chi connectivity index (χ1v) is 7.61. The monoisotopic (exact) mass is 292 g/mol. The molecule has 1 amide bonds.